The van der Waals surface area contributed by atoms with Crippen molar-refractivity contribution in [2.45, 2.75) is 20.4 Å². The fraction of sp³-hybridized carbons (Fsp3) is 0.250. The molecule has 0 aliphatic carbocycles. The van der Waals surface area contributed by atoms with Gasteiger partial charge in [0, 0.05) is 19.0 Å². The molecule has 0 radical (unpaired) electrons. The number of benzene rings is 1. The maximum Gasteiger partial charge on any atom is 0.157 e. The summed E-state index contributed by atoms with van der Waals surface area (Å²) in [5.41, 5.74) is 5.50. The Morgan fingerprint density at radius 2 is 2.05 bits per heavy atom. The molecule has 3 aromatic rings. The molecule has 0 bridgehead atoms. The van der Waals surface area contributed by atoms with Gasteiger partial charge in [0.05, 0.1) is 17.6 Å². The first kappa shape index (κ1) is 12.7. The highest BCUT2D eigenvalue weighted by atomic mass is 15.3. The second kappa shape index (κ2) is 4.96. The lowest BCUT2D eigenvalue weighted by atomic mass is 10.1. The smallest absolute Gasteiger partial charge is 0.157 e. The summed E-state index contributed by atoms with van der Waals surface area (Å²) >= 11 is 0. The molecular weight excluding hydrogens is 248 g/mol. The normalized spacial score (nSPS) is 10.9. The topological polar surface area (TPSA) is 42.7 Å². The molecule has 0 aliphatic heterocycles. The molecule has 0 spiro atoms. The maximum atomic E-state index is 4.47. The summed E-state index contributed by atoms with van der Waals surface area (Å²) in [6, 6.07) is 10.6. The zero-order valence-electron chi connectivity index (χ0n) is 12.0. The second-order valence-electron chi connectivity index (χ2n) is 5.15. The minimum absolute atomic E-state index is 0.800. The van der Waals surface area contributed by atoms with Crippen molar-refractivity contribution in [2.75, 3.05) is 5.32 Å². The van der Waals surface area contributed by atoms with Crippen LogP contribution in [0, 0.1) is 13.8 Å². The molecule has 0 saturated carbocycles. The molecule has 2 aromatic heterocycles. The average Bonchev–Trinajstić information content (AvgIpc) is 2.72. The number of hydrogen-bond acceptors (Lipinski definition) is 3. The summed E-state index contributed by atoms with van der Waals surface area (Å²) in [4.78, 5) is 4.47. The number of rotatable bonds is 3. The quantitative estimate of drug-likeness (QED) is 0.791. The van der Waals surface area contributed by atoms with Crippen LogP contribution in [0.2, 0.25) is 0 Å². The molecule has 0 amide bonds. The van der Waals surface area contributed by atoms with E-state index in [9.17, 15) is 0 Å². The third-order valence-corrected chi connectivity index (χ3v) is 3.44. The molecule has 2 heterocycles. The maximum absolute atomic E-state index is 4.47. The fourth-order valence-corrected chi connectivity index (χ4v) is 2.43. The second-order valence-corrected chi connectivity index (χ2v) is 5.15. The van der Waals surface area contributed by atoms with Crippen LogP contribution in [0.3, 0.4) is 0 Å². The third kappa shape index (κ3) is 2.37. The Labute approximate surface area is 118 Å². The van der Waals surface area contributed by atoms with Crippen molar-refractivity contribution in [1.82, 2.24) is 14.8 Å². The van der Waals surface area contributed by atoms with Gasteiger partial charge in [-0.05, 0) is 25.5 Å². The number of nitrogens with one attached hydrogen (secondary N) is 1. The fourth-order valence-electron chi connectivity index (χ4n) is 2.43. The van der Waals surface area contributed by atoms with Gasteiger partial charge >= 0.3 is 0 Å². The number of fused-ring (bicyclic) bond motifs is 1. The van der Waals surface area contributed by atoms with Crippen LogP contribution in [0.15, 0.2) is 36.5 Å². The van der Waals surface area contributed by atoms with E-state index in [1.54, 1.807) is 0 Å². The van der Waals surface area contributed by atoms with Gasteiger partial charge in [-0.25, -0.2) is 4.98 Å². The van der Waals surface area contributed by atoms with Crippen LogP contribution < -0.4 is 5.32 Å². The monoisotopic (exact) mass is 266 g/mol. The molecule has 0 aliphatic rings. The lowest BCUT2D eigenvalue weighted by Gasteiger charge is -2.07. The first-order valence-corrected chi connectivity index (χ1v) is 6.72. The summed E-state index contributed by atoms with van der Waals surface area (Å²) in [7, 11) is 1.92. The Morgan fingerprint density at radius 3 is 2.85 bits per heavy atom. The summed E-state index contributed by atoms with van der Waals surface area (Å²) in [5.74, 6) is 0. The summed E-state index contributed by atoms with van der Waals surface area (Å²) < 4.78 is 1.81. The Morgan fingerprint density at radius 1 is 1.20 bits per heavy atom. The van der Waals surface area contributed by atoms with Crippen molar-refractivity contribution in [2.24, 2.45) is 7.05 Å². The van der Waals surface area contributed by atoms with E-state index in [0.717, 1.165) is 29.0 Å². The number of nitrogens with zero attached hydrogens (tertiary/aromatic N) is 3. The highest BCUT2D eigenvalue weighted by Crippen LogP contribution is 2.19. The average molecular weight is 266 g/mol. The van der Waals surface area contributed by atoms with Gasteiger partial charge in [0.1, 0.15) is 0 Å². The molecule has 0 saturated heterocycles. The predicted octanol–water partition coefficient (Wildman–Crippen LogP) is 3.20. The highest BCUT2D eigenvalue weighted by molar-refractivity contribution is 5.81. The van der Waals surface area contributed by atoms with E-state index < -0.39 is 0 Å². The molecule has 20 heavy (non-hydrogen) atoms. The van der Waals surface area contributed by atoms with Crippen molar-refractivity contribution in [3.63, 3.8) is 0 Å². The molecule has 4 heteroatoms. The molecule has 0 fully saturated rings. The van der Waals surface area contributed by atoms with Crippen molar-refractivity contribution >= 4 is 16.7 Å². The number of anilines is 1. The van der Waals surface area contributed by atoms with Crippen molar-refractivity contribution in [3.8, 4) is 0 Å². The van der Waals surface area contributed by atoms with Gasteiger partial charge in [0.15, 0.2) is 5.65 Å². The predicted molar refractivity (Wildman–Crippen MR) is 81.8 cm³/mol. The molecule has 3 rings (SSSR count). The van der Waals surface area contributed by atoms with Crippen molar-refractivity contribution in [1.29, 1.82) is 0 Å². The van der Waals surface area contributed by atoms with Crippen LogP contribution in [0.4, 0.5) is 5.69 Å². The molecule has 1 N–H and O–H groups in total. The van der Waals surface area contributed by atoms with Crippen LogP contribution in [0.5, 0.6) is 0 Å². The van der Waals surface area contributed by atoms with Gasteiger partial charge in [-0.2, -0.15) is 5.10 Å². The molecule has 0 unspecified atom stereocenters. The number of aromatic nitrogens is 3. The third-order valence-electron chi connectivity index (χ3n) is 3.44. The summed E-state index contributed by atoms with van der Waals surface area (Å²) in [5, 5.41) is 8.90. The first-order valence-electron chi connectivity index (χ1n) is 6.72. The lowest BCUT2D eigenvalue weighted by Crippen LogP contribution is -2.00. The Kier molecular flexibility index (Phi) is 3.14. The van der Waals surface area contributed by atoms with Gasteiger partial charge in [-0.1, -0.05) is 29.8 Å². The van der Waals surface area contributed by atoms with Gasteiger partial charge < -0.3 is 5.32 Å². The molecular formula is C16H18N4. The number of pyridine rings is 1. The van der Waals surface area contributed by atoms with Crippen LogP contribution in [0.25, 0.3) is 11.0 Å². The Bertz CT molecular complexity index is 758. The van der Waals surface area contributed by atoms with E-state index in [1.807, 2.05) is 24.9 Å². The van der Waals surface area contributed by atoms with Crippen LogP contribution in [-0.2, 0) is 13.6 Å². The van der Waals surface area contributed by atoms with E-state index in [2.05, 4.69) is 52.7 Å². The largest absolute Gasteiger partial charge is 0.380 e. The van der Waals surface area contributed by atoms with Crippen molar-refractivity contribution in [3.05, 3.63) is 53.3 Å². The highest BCUT2D eigenvalue weighted by Gasteiger charge is 2.06. The van der Waals surface area contributed by atoms with E-state index in [1.165, 1.54) is 11.1 Å². The lowest BCUT2D eigenvalue weighted by molar-refractivity contribution is 0.774. The van der Waals surface area contributed by atoms with Gasteiger partial charge in [-0.15, -0.1) is 0 Å². The Hall–Kier alpha value is -2.36. The molecule has 1 aromatic carbocycles. The van der Waals surface area contributed by atoms with E-state index in [0.29, 0.717) is 0 Å². The molecule has 0 atom stereocenters. The van der Waals surface area contributed by atoms with Gasteiger partial charge in [-0.3, -0.25) is 4.68 Å². The standard InChI is InChI=1S/C16H18N4/c1-11-5-4-6-13(7-11)9-17-14-8-15-12(2)19-20(3)16(15)18-10-14/h4-8,10,17H,9H2,1-3H3. The van der Waals surface area contributed by atoms with E-state index in [4.69, 9.17) is 0 Å². The van der Waals surface area contributed by atoms with E-state index >= 15 is 0 Å². The first-order chi connectivity index (χ1) is 9.63. The molecule has 4 nitrogen and oxygen atoms in total. The zero-order chi connectivity index (χ0) is 14.1. The summed E-state index contributed by atoms with van der Waals surface area (Å²) in [6.07, 6.45) is 1.86. The zero-order valence-corrected chi connectivity index (χ0v) is 12.0. The molecule has 102 valence electrons. The van der Waals surface area contributed by atoms with Crippen molar-refractivity contribution < 1.29 is 0 Å². The SMILES string of the molecule is Cc1cccc(CNc2cnc3c(c2)c(C)nn3C)c1. The van der Waals surface area contributed by atoms with Gasteiger partial charge in [0.25, 0.3) is 0 Å². The number of aryl methyl sites for hydroxylation is 3. The minimum Gasteiger partial charge on any atom is -0.380 e. The van der Waals surface area contributed by atoms with Crippen LogP contribution in [0.1, 0.15) is 16.8 Å². The van der Waals surface area contributed by atoms with E-state index in [-0.39, 0.29) is 0 Å². The summed E-state index contributed by atoms with van der Waals surface area (Å²) in [6.45, 7) is 4.92. The number of hydrogen-bond donors (Lipinski definition) is 1. The van der Waals surface area contributed by atoms with Crippen LogP contribution >= 0.6 is 0 Å². The van der Waals surface area contributed by atoms with Crippen LogP contribution in [-0.4, -0.2) is 14.8 Å². The Balaban J connectivity index is 1.83. The minimum atomic E-state index is 0.800. The van der Waals surface area contributed by atoms with Gasteiger partial charge in [0.2, 0.25) is 0 Å².